The number of carbonyl (C=O) groups is 2. The molecule has 116 valence electrons. The van der Waals surface area contributed by atoms with Crippen molar-refractivity contribution in [2.75, 3.05) is 14.2 Å². The van der Waals surface area contributed by atoms with Crippen LogP contribution in [0, 0.1) is 0 Å². The Labute approximate surface area is 139 Å². The van der Waals surface area contributed by atoms with Crippen molar-refractivity contribution in [3.63, 3.8) is 0 Å². The molecular formula is C14H13BrN2O4S. The highest BCUT2D eigenvalue weighted by Crippen LogP contribution is 2.27. The van der Waals surface area contributed by atoms with Crippen LogP contribution in [0.1, 0.15) is 20.7 Å². The summed E-state index contributed by atoms with van der Waals surface area (Å²) in [6, 6.07) is 6.39. The van der Waals surface area contributed by atoms with Gasteiger partial charge in [0.15, 0.2) is 11.5 Å². The lowest BCUT2D eigenvalue weighted by Crippen LogP contribution is -2.41. The Hall–Kier alpha value is -2.06. The largest absolute Gasteiger partial charge is 0.493 e. The second-order valence-electron chi connectivity index (χ2n) is 4.12. The van der Waals surface area contributed by atoms with Crippen molar-refractivity contribution >= 4 is 39.1 Å². The fourth-order valence-corrected chi connectivity index (χ4v) is 2.80. The summed E-state index contributed by atoms with van der Waals surface area (Å²) < 4.78 is 11.1. The SMILES string of the molecule is COc1ccc(C(=O)NNC(=O)c2csc(Br)c2)cc1OC. The van der Waals surface area contributed by atoms with Crippen LogP contribution < -0.4 is 20.3 Å². The number of thiophene rings is 1. The summed E-state index contributed by atoms with van der Waals surface area (Å²) in [4.78, 5) is 23.9. The van der Waals surface area contributed by atoms with Gasteiger partial charge in [0, 0.05) is 10.9 Å². The number of amides is 2. The highest BCUT2D eigenvalue weighted by Gasteiger charge is 2.13. The number of halogens is 1. The number of hydrogen-bond acceptors (Lipinski definition) is 5. The summed E-state index contributed by atoms with van der Waals surface area (Å²) >= 11 is 4.66. The van der Waals surface area contributed by atoms with Gasteiger partial charge >= 0.3 is 0 Å². The van der Waals surface area contributed by atoms with Crippen molar-refractivity contribution in [3.05, 3.63) is 44.6 Å². The van der Waals surface area contributed by atoms with E-state index in [9.17, 15) is 9.59 Å². The number of nitrogens with one attached hydrogen (secondary N) is 2. The number of hydrogen-bond donors (Lipinski definition) is 2. The van der Waals surface area contributed by atoms with E-state index in [0.29, 0.717) is 22.6 Å². The first-order chi connectivity index (χ1) is 10.5. The Kier molecular flexibility index (Phi) is 5.40. The van der Waals surface area contributed by atoms with Crippen molar-refractivity contribution in [1.82, 2.24) is 10.9 Å². The normalized spacial score (nSPS) is 9.95. The van der Waals surface area contributed by atoms with Crippen molar-refractivity contribution in [3.8, 4) is 11.5 Å². The molecule has 2 aromatic rings. The third-order valence-corrected chi connectivity index (χ3v) is 4.27. The topological polar surface area (TPSA) is 76.7 Å². The molecule has 2 rings (SSSR count). The monoisotopic (exact) mass is 384 g/mol. The van der Waals surface area contributed by atoms with Gasteiger partial charge in [-0.2, -0.15) is 0 Å². The maximum Gasteiger partial charge on any atom is 0.270 e. The van der Waals surface area contributed by atoms with E-state index in [2.05, 4.69) is 26.8 Å². The average molecular weight is 385 g/mol. The number of rotatable bonds is 4. The van der Waals surface area contributed by atoms with E-state index in [0.717, 1.165) is 3.79 Å². The molecule has 0 aliphatic rings. The van der Waals surface area contributed by atoms with Gasteiger partial charge in [-0.1, -0.05) is 0 Å². The molecule has 0 aliphatic heterocycles. The van der Waals surface area contributed by atoms with Crippen LogP contribution in [0.15, 0.2) is 33.4 Å². The van der Waals surface area contributed by atoms with Crippen molar-refractivity contribution < 1.29 is 19.1 Å². The predicted octanol–water partition coefficient (Wildman–Crippen LogP) is 2.60. The molecule has 0 aliphatic carbocycles. The molecule has 1 heterocycles. The fraction of sp³-hybridized carbons (Fsp3) is 0.143. The van der Waals surface area contributed by atoms with E-state index in [4.69, 9.17) is 9.47 Å². The van der Waals surface area contributed by atoms with Crippen molar-refractivity contribution in [2.45, 2.75) is 0 Å². The maximum absolute atomic E-state index is 12.0. The average Bonchev–Trinajstić information content (AvgIpc) is 2.98. The number of hydrazine groups is 1. The summed E-state index contributed by atoms with van der Waals surface area (Å²) in [5, 5.41) is 1.68. The van der Waals surface area contributed by atoms with Gasteiger partial charge in [-0.05, 0) is 40.2 Å². The molecule has 0 spiro atoms. The van der Waals surface area contributed by atoms with Gasteiger partial charge in [-0.3, -0.25) is 20.4 Å². The van der Waals surface area contributed by atoms with Gasteiger partial charge in [0.25, 0.3) is 11.8 Å². The zero-order valence-corrected chi connectivity index (χ0v) is 14.2. The predicted molar refractivity (Wildman–Crippen MR) is 86.5 cm³/mol. The van der Waals surface area contributed by atoms with E-state index in [1.807, 2.05) is 0 Å². The Morgan fingerprint density at radius 2 is 1.64 bits per heavy atom. The molecule has 0 saturated heterocycles. The zero-order chi connectivity index (χ0) is 16.1. The minimum Gasteiger partial charge on any atom is -0.493 e. The molecule has 2 amide bonds. The van der Waals surface area contributed by atoms with Crippen molar-refractivity contribution in [2.24, 2.45) is 0 Å². The Balaban J connectivity index is 2.02. The molecule has 6 nitrogen and oxygen atoms in total. The summed E-state index contributed by atoms with van der Waals surface area (Å²) in [5.41, 5.74) is 5.50. The number of ether oxygens (including phenoxy) is 2. The smallest absolute Gasteiger partial charge is 0.270 e. The van der Waals surface area contributed by atoms with Crippen LogP contribution in [-0.2, 0) is 0 Å². The molecule has 0 atom stereocenters. The number of methoxy groups -OCH3 is 2. The molecule has 0 radical (unpaired) electrons. The lowest BCUT2D eigenvalue weighted by Gasteiger charge is -2.10. The van der Waals surface area contributed by atoms with Crippen LogP contribution in [0.4, 0.5) is 0 Å². The van der Waals surface area contributed by atoms with Crippen LogP contribution >= 0.6 is 27.3 Å². The van der Waals surface area contributed by atoms with Crippen LogP contribution in [0.25, 0.3) is 0 Å². The van der Waals surface area contributed by atoms with Crippen molar-refractivity contribution in [1.29, 1.82) is 0 Å². The van der Waals surface area contributed by atoms with Crippen LogP contribution in [0.2, 0.25) is 0 Å². The Bertz CT molecular complexity index is 702. The highest BCUT2D eigenvalue weighted by molar-refractivity contribution is 9.11. The minimum atomic E-state index is -0.455. The molecular weight excluding hydrogens is 372 g/mol. The molecule has 1 aromatic heterocycles. The standard InChI is InChI=1S/C14H13BrN2O4S/c1-20-10-4-3-8(5-11(10)21-2)13(18)16-17-14(19)9-6-12(15)22-7-9/h3-7H,1-2H3,(H,16,18)(H,17,19). The minimum absolute atomic E-state index is 0.337. The Morgan fingerprint density at radius 1 is 1.00 bits per heavy atom. The van der Waals surface area contributed by atoms with E-state index < -0.39 is 11.8 Å². The third kappa shape index (κ3) is 3.77. The molecule has 0 fully saturated rings. The summed E-state index contributed by atoms with van der Waals surface area (Å²) in [5.74, 6) is 0.105. The van der Waals surface area contributed by atoms with E-state index in [1.165, 1.54) is 31.6 Å². The summed E-state index contributed by atoms with van der Waals surface area (Å²) in [6.07, 6.45) is 0. The molecule has 0 bridgehead atoms. The Morgan fingerprint density at radius 3 is 2.18 bits per heavy atom. The molecule has 0 saturated carbocycles. The van der Waals surface area contributed by atoms with Gasteiger partial charge in [0.2, 0.25) is 0 Å². The first kappa shape index (κ1) is 16.3. The van der Waals surface area contributed by atoms with Crippen LogP contribution in [0.3, 0.4) is 0 Å². The van der Waals surface area contributed by atoms with Crippen LogP contribution in [-0.4, -0.2) is 26.0 Å². The first-order valence-corrected chi connectivity index (χ1v) is 7.79. The number of carbonyl (C=O) groups excluding carboxylic acids is 2. The second kappa shape index (κ2) is 7.28. The molecule has 22 heavy (non-hydrogen) atoms. The first-order valence-electron chi connectivity index (χ1n) is 6.12. The zero-order valence-electron chi connectivity index (χ0n) is 11.8. The van der Waals surface area contributed by atoms with Crippen LogP contribution in [0.5, 0.6) is 11.5 Å². The molecule has 0 unspecified atom stereocenters. The lowest BCUT2D eigenvalue weighted by atomic mass is 10.2. The molecule has 1 aromatic carbocycles. The fourth-order valence-electron chi connectivity index (χ4n) is 1.66. The summed E-state index contributed by atoms with van der Waals surface area (Å²) in [6.45, 7) is 0. The highest BCUT2D eigenvalue weighted by atomic mass is 79.9. The number of benzene rings is 1. The van der Waals surface area contributed by atoms with Gasteiger partial charge in [-0.25, -0.2) is 0 Å². The third-order valence-electron chi connectivity index (χ3n) is 2.76. The molecule has 2 N–H and O–H groups in total. The maximum atomic E-state index is 12.0. The van der Waals surface area contributed by atoms with E-state index >= 15 is 0 Å². The van der Waals surface area contributed by atoms with Gasteiger partial charge in [0.1, 0.15) is 0 Å². The second-order valence-corrected chi connectivity index (χ2v) is 6.41. The lowest BCUT2D eigenvalue weighted by molar-refractivity contribution is 0.0846. The quantitative estimate of drug-likeness (QED) is 0.794. The molecule has 8 heteroatoms. The van der Waals surface area contributed by atoms with Gasteiger partial charge in [0.05, 0.1) is 23.6 Å². The van der Waals surface area contributed by atoms with Gasteiger partial charge < -0.3 is 9.47 Å². The van der Waals surface area contributed by atoms with E-state index in [-0.39, 0.29) is 0 Å². The van der Waals surface area contributed by atoms with Gasteiger partial charge in [-0.15, -0.1) is 11.3 Å². The summed E-state index contributed by atoms with van der Waals surface area (Å²) in [7, 11) is 2.99. The van der Waals surface area contributed by atoms with E-state index in [1.54, 1.807) is 23.6 Å².